The zero-order valence-electron chi connectivity index (χ0n) is 12.3. The van der Waals surface area contributed by atoms with E-state index in [0.29, 0.717) is 23.2 Å². The number of rotatable bonds is 3. The van der Waals surface area contributed by atoms with Crippen LogP contribution in [0.15, 0.2) is 18.2 Å². The van der Waals surface area contributed by atoms with E-state index in [1.807, 2.05) is 0 Å². The van der Waals surface area contributed by atoms with Gasteiger partial charge >= 0.3 is 0 Å². The van der Waals surface area contributed by atoms with Crippen LogP contribution in [0.2, 0.25) is 5.02 Å². The summed E-state index contributed by atoms with van der Waals surface area (Å²) in [6.07, 6.45) is 3.65. The summed E-state index contributed by atoms with van der Waals surface area (Å²) < 4.78 is 14.2. The van der Waals surface area contributed by atoms with E-state index in [0.717, 1.165) is 26.1 Å². The number of hydrogen-bond donors (Lipinski definition) is 1. The molecule has 1 aromatic carbocycles. The minimum absolute atomic E-state index is 0.0529. The van der Waals surface area contributed by atoms with E-state index in [-0.39, 0.29) is 11.9 Å². The third-order valence-electron chi connectivity index (χ3n) is 4.82. The molecule has 0 bridgehead atoms. The summed E-state index contributed by atoms with van der Waals surface area (Å²) in [5.41, 5.74) is 6.65. The van der Waals surface area contributed by atoms with Crippen molar-refractivity contribution in [3.8, 4) is 0 Å². The molecule has 0 aromatic heterocycles. The molecule has 2 saturated heterocycles. The predicted molar refractivity (Wildman–Crippen MR) is 84.0 cm³/mol. The molecule has 0 radical (unpaired) electrons. The van der Waals surface area contributed by atoms with Crippen LogP contribution >= 0.6 is 11.6 Å². The molecule has 2 fully saturated rings. The molecule has 21 heavy (non-hydrogen) atoms. The molecular formula is C16H23ClFN3. The SMILES string of the molecule is NCC(c1ccc(Cl)cc1F)N1CCCN2CCCC2C1. The Labute approximate surface area is 130 Å². The Hall–Kier alpha value is -0.680. The van der Waals surface area contributed by atoms with Crippen molar-refractivity contribution in [3.05, 3.63) is 34.6 Å². The maximum atomic E-state index is 14.2. The maximum absolute atomic E-state index is 14.2. The van der Waals surface area contributed by atoms with Gasteiger partial charge in [-0.25, -0.2) is 4.39 Å². The number of nitrogens with two attached hydrogens (primary N) is 1. The first-order valence-corrected chi connectivity index (χ1v) is 8.20. The zero-order chi connectivity index (χ0) is 14.8. The summed E-state index contributed by atoms with van der Waals surface area (Å²) in [7, 11) is 0. The molecule has 116 valence electrons. The number of benzene rings is 1. The highest BCUT2D eigenvalue weighted by Crippen LogP contribution is 2.29. The highest BCUT2D eigenvalue weighted by molar-refractivity contribution is 6.30. The van der Waals surface area contributed by atoms with Crippen molar-refractivity contribution in [3.63, 3.8) is 0 Å². The van der Waals surface area contributed by atoms with Gasteiger partial charge in [-0.3, -0.25) is 9.80 Å². The molecule has 2 unspecified atom stereocenters. The molecule has 0 saturated carbocycles. The summed E-state index contributed by atoms with van der Waals surface area (Å²) in [6.45, 7) is 4.77. The Kier molecular flexibility index (Phi) is 4.79. The second-order valence-electron chi connectivity index (χ2n) is 6.10. The Morgan fingerprint density at radius 1 is 1.29 bits per heavy atom. The van der Waals surface area contributed by atoms with Crippen molar-refractivity contribution in [1.29, 1.82) is 0 Å². The topological polar surface area (TPSA) is 32.5 Å². The van der Waals surface area contributed by atoms with E-state index in [1.165, 1.54) is 25.5 Å². The van der Waals surface area contributed by atoms with Crippen LogP contribution in [0.3, 0.4) is 0 Å². The quantitative estimate of drug-likeness (QED) is 0.931. The average molecular weight is 312 g/mol. The monoisotopic (exact) mass is 311 g/mol. The Morgan fingerprint density at radius 2 is 2.10 bits per heavy atom. The molecule has 2 aliphatic rings. The smallest absolute Gasteiger partial charge is 0.129 e. The van der Waals surface area contributed by atoms with Crippen LogP contribution in [0, 0.1) is 5.82 Å². The lowest BCUT2D eigenvalue weighted by molar-refractivity contribution is 0.173. The van der Waals surface area contributed by atoms with E-state index < -0.39 is 0 Å². The Morgan fingerprint density at radius 3 is 2.86 bits per heavy atom. The second kappa shape index (κ2) is 6.61. The lowest BCUT2D eigenvalue weighted by Crippen LogP contribution is -2.40. The van der Waals surface area contributed by atoms with Crippen LogP contribution in [0.1, 0.15) is 30.9 Å². The Balaban J connectivity index is 1.81. The number of halogens is 2. The van der Waals surface area contributed by atoms with Crippen molar-refractivity contribution in [2.24, 2.45) is 5.73 Å². The third-order valence-corrected chi connectivity index (χ3v) is 5.06. The highest BCUT2D eigenvalue weighted by atomic mass is 35.5. The van der Waals surface area contributed by atoms with Crippen LogP contribution in [0.25, 0.3) is 0 Å². The fourth-order valence-corrected chi connectivity index (χ4v) is 3.92. The molecule has 3 rings (SSSR count). The number of hydrogen-bond acceptors (Lipinski definition) is 3. The molecule has 0 spiro atoms. The molecule has 5 heteroatoms. The molecule has 2 atom stereocenters. The Bertz CT molecular complexity index is 496. The maximum Gasteiger partial charge on any atom is 0.129 e. The van der Waals surface area contributed by atoms with Gasteiger partial charge in [0, 0.05) is 42.3 Å². The van der Waals surface area contributed by atoms with Crippen LogP contribution < -0.4 is 5.73 Å². The number of nitrogens with zero attached hydrogens (tertiary/aromatic N) is 2. The van der Waals surface area contributed by atoms with E-state index in [4.69, 9.17) is 17.3 Å². The van der Waals surface area contributed by atoms with E-state index in [9.17, 15) is 4.39 Å². The summed E-state index contributed by atoms with van der Waals surface area (Å²) in [6, 6.07) is 5.48. The van der Waals surface area contributed by atoms with Gasteiger partial charge in [-0.1, -0.05) is 17.7 Å². The van der Waals surface area contributed by atoms with Gasteiger partial charge in [-0.2, -0.15) is 0 Å². The lowest BCUT2D eigenvalue weighted by atomic mass is 10.0. The predicted octanol–water partition coefficient (Wildman–Crippen LogP) is 2.65. The van der Waals surface area contributed by atoms with Gasteiger partial charge in [0.05, 0.1) is 0 Å². The molecule has 2 heterocycles. The van der Waals surface area contributed by atoms with Crippen molar-refractivity contribution in [2.75, 3.05) is 32.7 Å². The fraction of sp³-hybridized carbons (Fsp3) is 0.625. The summed E-state index contributed by atoms with van der Waals surface area (Å²) in [5, 5.41) is 0.435. The zero-order valence-corrected chi connectivity index (χ0v) is 13.0. The van der Waals surface area contributed by atoms with Crippen LogP contribution in [-0.2, 0) is 0 Å². The molecule has 0 aliphatic carbocycles. The minimum Gasteiger partial charge on any atom is -0.329 e. The van der Waals surface area contributed by atoms with Gasteiger partial charge in [0.15, 0.2) is 0 Å². The van der Waals surface area contributed by atoms with Crippen LogP contribution in [0.4, 0.5) is 4.39 Å². The normalized spacial score (nSPS) is 25.6. The molecule has 0 amide bonds. The summed E-state index contributed by atoms with van der Waals surface area (Å²) in [4.78, 5) is 4.94. The first-order valence-electron chi connectivity index (χ1n) is 7.82. The summed E-state index contributed by atoms with van der Waals surface area (Å²) in [5.74, 6) is -0.245. The third kappa shape index (κ3) is 3.24. The minimum atomic E-state index is -0.245. The van der Waals surface area contributed by atoms with Gasteiger partial charge < -0.3 is 5.73 Å². The average Bonchev–Trinajstić information content (AvgIpc) is 2.80. The van der Waals surface area contributed by atoms with Gasteiger partial charge in [-0.05, 0) is 44.5 Å². The molecular weight excluding hydrogens is 289 g/mol. The van der Waals surface area contributed by atoms with Crippen LogP contribution in [-0.4, -0.2) is 48.6 Å². The molecule has 1 aromatic rings. The first kappa shape index (κ1) is 15.2. The van der Waals surface area contributed by atoms with Crippen molar-refractivity contribution >= 4 is 11.6 Å². The fourth-order valence-electron chi connectivity index (χ4n) is 3.76. The van der Waals surface area contributed by atoms with Crippen molar-refractivity contribution in [1.82, 2.24) is 9.80 Å². The van der Waals surface area contributed by atoms with Gasteiger partial charge in [0.25, 0.3) is 0 Å². The molecule has 2 N–H and O–H groups in total. The molecule has 3 nitrogen and oxygen atoms in total. The van der Waals surface area contributed by atoms with Crippen molar-refractivity contribution in [2.45, 2.75) is 31.3 Å². The second-order valence-corrected chi connectivity index (χ2v) is 6.53. The van der Waals surface area contributed by atoms with E-state index >= 15 is 0 Å². The first-order chi connectivity index (χ1) is 10.2. The van der Waals surface area contributed by atoms with Gasteiger partial charge in [0.2, 0.25) is 0 Å². The van der Waals surface area contributed by atoms with Gasteiger partial charge in [-0.15, -0.1) is 0 Å². The molecule has 2 aliphatic heterocycles. The lowest BCUT2D eigenvalue weighted by Gasteiger charge is -2.32. The van der Waals surface area contributed by atoms with Gasteiger partial charge in [0.1, 0.15) is 5.82 Å². The largest absolute Gasteiger partial charge is 0.329 e. The summed E-state index contributed by atoms with van der Waals surface area (Å²) >= 11 is 5.86. The standard InChI is InChI=1S/C16H23ClFN3/c17-12-4-5-14(15(18)9-12)16(10-19)21-8-2-7-20-6-1-3-13(20)11-21/h4-5,9,13,16H,1-3,6-8,10-11,19H2. The highest BCUT2D eigenvalue weighted by Gasteiger charge is 2.32. The number of fused-ring (bicyclic) bond motifs is 1. The van der Waals surface area contributed by atoms with Crippen LogP contribution in [0.5, 0.6) is 0 Å². The van der Waals surface area contributed by atoms with Crippen molar-refractivity contribution < 1.29 is 4.39 Å². The van der Waals surface area contributed by atoms with E-state index in [2.05, 4.69) is 9.80 Å². The van der Waals surface area contributed by atoms with E-state index in [1.54, 1.807) is 12.1 Å².